The average Bonchev–Trinajstić information content (AvgIpc) is 3.24. The van der Waals surface area contributed by atoms with Crippen LogP contribution in [0.1, 0.15) is 97.9 Å². The van der Waals surface area contributed by atoms with Gasteiger partial charge in [-0.1, -0.05) is 0 Å². The summed E-state index contributed by atoms with van der Waals surface area (Å²) in [6.45, 7) is 15.0. The number of benzene rings is 4. The Morgan fingerprint density at radius 1 is 0.535 bits per heavy atom. The number of hydrogen-bond acceptors (Lipinski definition) is 0. The van der Waals surface area contributed by atoms with Gasteiger partial charge >= 0.3 is 251 Å². The van der Waals surface area contributed by atoms with E-state index in [0.29, 0.717) is 8.45 Å². The number of rotatable bonds is 2. The minimum Gasteiger partial charge on any atom is -1.00 e. The molecule has 222 valence electrons. The molecule has 1 heterocycles. The van der Waals surface area contributed by atoms with Gasteiger partial charge in [0.15, 0.2) is 0 Å². The van der Waals surface area contributed by atoms with Gasteiger partial charge < -0.3 is 24.8 Å². The average molecular weight is 644 g/mol. The van der Waals surface area contributed by atoms with Crippen LogP contribution in [-0.2, 0) is 16.6 Å². The van der Waals surface area contributed by atoms with Crippen LogP contribution in [0, 0.1) is 10.8 Å². The van der Waals surface area contributed by atoms with Crippen LogP contribution in [0.3, 0.4) is 0 Å². The molecule has 3 heteroatoms. The summed E-state index contributed by atoms with van der Waals surface area (Å²) in [4.78, 5) is 0. The number of hydrogen-bond donors (Lipinski definition) is 0. The predicted octanol–water partition coefficient (Wildman–Crippen LogP) is 5.99. The molecule has 0 bridgehead atoms. The van der Waals surface area contributed by atoms with Gasteiger partial charge in [-0.25, -0.2) is 0 Å². The van der Waals surface area contributed by atoms with Gasteiger partial charge in [-0.3, -0.25) is 0 Å². The normalized spacial score (nSPS) is 25.9. The van der Waals surface area contributed by atoms with Crippen LogP contribution in [0.5, 0.6) is 0 Å². The SMILES string of the molecule is CC(C)(C)C1=Cc2c(ccc3ccccc23)[CH]1[Ti+2]1([CH]2C(C(C)(C)C)=Cc3c2ccc2ccccc32)[CH]2CCCC[CH]21.[Cl-].[Cl-]. The number of halogens is 2. The molecule has 4 unspecified atom stereocenters. The second-order valence-corrected chi connectivity index (χ2v) is 22.9. The Kier molecular flexibility index (Phi) is 7.70. The van der Waals surface area contributed by atoms with Crippen molar-refractivity contribution in [3.63, 3.8) is 0 Å². The maximum atomic E-state index is 2.69. The molecule has 1 saturated heterocycles. The minimum absolute atomic E-state index is 0. The van der Waals surface area contributed by atoms with Gasteiger partial charge in [-0.2, -0.15) is 0 Å². The topological polar surface area (TPSA) is 0 Å². The van der Waals surface area contributed by atoms with E-state index in [0.717, 1.165) is 8.45 Å². The van der Waals surface area contributed by atoms with E-state index in [2.05, 4.69) is 126 Å². The fourth-order valence-electron chi connectivity index (χ4n) is 9.88. The van der Waals surface area contributed by atoms with Crippen molar-refractivity contribution < 1.29 is 41.4 Å². The first-order chi connectivity index (χ1) is 19.6. The third-order valence-corrected chi connectivity index (χ3v) is 22.2. The Hall–Kier alpha value is -1.83. The Morgan fingerprint density at radius 3 is 1.33 bits per heavy atom. The summed E-state index contributed by atoms with van der Waals surface area (Å²) >= 11 is -2.70. The van der Waals surface area contributed by atoms with Crippen LogP contribution in [-0.4, -0.2) is 0 Å². The molecule has 0 spiro atoms. The monoisotopic (exact) mass is 642 g/mol. The Labute approximate surface area is 274 Å². The summed E-state index contributed by atoms with van der Waals surface area (Å²) in [5, 5.41) is 5.69. The van der Waals surface area contributed by atoms with Crippen LogP contribution in [0.15, 0.2) is 83.9 Å². The van der Waals surface area contributed by atoms with E-state index in [-0.39, 0.29) is 35.6 Å². The van der Waals surface area contributed by atoms with E-state index >= 15 is 0 Å². The van der Waals surface area contributed by atoms with Gasteiger partial charge in [0.1, 0.15) is 0 Å². The van der Waals surface area contributed by atoms with E-state index in [1.165, 1.54) is 47.2 Å². The zero-order valence-corrected chi connectivity index (χ0v) is 29.6. The van der Waals surface area contributed by atoms with Gasteiger partial charge in [0.2, 0.25) is 0 Å². The third kappa shape index (κ3) is 4.41. The molecular formula is C40H44Cl2Ti. The predicted molar refractivity (Wildman–Crippen MR) is 174 cm³/mol. The van der Waals surface area contributed by atoms with E-state index in [1.807, 2.05) is 0 Å². The fourth-order valence-corrected chi connectivity index (χ4v) is 24.6. The molecule has 43 heavy (non-hydrogen) atoms. The molecule has 0 nitrogen and oxygen atoms in total. The molecule has 2 fully saturated rings. The molecule has 0 radical (unpaired) electrons. The van der Waals surface area contributed by atoms with E-state index < -0.39 is 16.6 Å². The smallest absolute Gasteiger partial charge is 1.00 e. The van der Waals surface area contributed by atoms with Crippen LogP contribution >= 0.6 is 0 Å². The quantitative estimate of drug-likeness (QED) is 0.236. The largest absolute Gasteiger partial charge is 1.00 e. The van der Waals surface area contributed by atoms with Crippen LogP contribution < -0.4 is 24.8 Å². The second-order valence-electron chi connectivity index (χ2n) is 15.6. The summed E-state index contributed by atoms with van der Waals surface area (Å²) in [6.07, 6.45) is 11.2. The van der Waals surface area contributed by atoms with Gasteiger partial charge in [0.25, 0.3) is 0 Å². The summed E-state index contributed by atoms with van der Waals surface area (Å²) in [5.74, 6) is 0. The van der Waals surface area contributed by atoms with Gasteiger partial charge in [0, 0.05) is 0 Å². The van der Waals surface area contributed by atoms with Crippen LogP contribution in [0.25, 0.3) is 33.7 Å². The summed E-state index contributed by atoms with van der Waals surface area (Å²) in [6, 6.07) is 28.3. The van der Waals surface area contributed by atoms with Crippen molar-refractivity contribution in [3.8, 4) is 0 Å². The van der Waals surface area contributed by atoms with Gasteiger partial charge in [-0.05, 0) is 0 Å². The minimum atomic E-state index is -2.70. The summed E-state index contributed by atoms with van der Waals surface area (Å²) in [5.41, 5.74) is 10.3. The molecule has 4 atom stereocenters. The molecule has 0 amide bonds. The molecule has 1 saturated carbocycles. The van der Waals surface area contributed by atoms with E-state index in [9.17, 15) is 0 Å². The van der Waals surface area contributed by atoms with Gasteiger partial charge in [0.05, 0.1) is 0 Å². The van der Waals surface area contributed by atoms with Gasteiger partial charge in [-0.15, -0.1) is 0 Å². The summed E-state index contributed by atoms with van der Waals surface area (Å²) < 4.78 is 3.25. The van der Waals surface area contributed by atoms with E-state index in [1.54, 1.807) is 33.4 Å². The zero-order valence-electron chi connectivity index (χ0n) is 26.5. The maximum Gasteiger partial charge on any atom is -1.00 e. The van der Waals surface area contributed by atoms with Crippen molar-refractivity contribution in [2.75, 3.05) is 0 Å². The van der Waals surface area contributed by atoms with Crippen molar-refractivity contribution >= 4 is 33.7 Å². The molecular weight excluding hydrogens is 599 g/mol. The first-order valence-electron chi connectivity index (χ1n) is 16.1. The maximum absolute atomic E-state index is 2.70. The Morgan fingerprint density at radius 2 is 0.930 bits per heavy atom. The molecule has 4 aromatic rings. The van der Waals surface area contributed by atoms with Crippen molar-refractivity contribution in [1.82, 2.24) is 0 Å². The molecule has 3 aliphatic carbocycles. The third-order valence-electron chi connectivity index (χ3n) is 11.5. The van der Waals surface area contributed by atoms with Crippen molar-refractivity contribution in [2.45, 2.75) is 84.1 Å². The van der Waals surface area contributed by atoms with E-state index in [4.69, 9.17) is 0 Å². The Bertz CT molecular complexity index is 1660. The standard InChI is InChI=1S/2C17H17.C6H10.2ClH.Ti/c2*1-17(2,3)14-10-13-9-8-12-6-4-5-7-15(12)16(13)11-14;1-2-4-6-5-3-1;;;/h2*4-11H,1-3H3;1-2H,3-6H2;2*1H;/q;;;;;+2/p-2. The first-order valence-corrected chi connectivity index (χ1v) is 19.7. The molecule has 4 aliphatic rings. The van der Waals surface area contributed by atoms with Crippen LogP contribution in [0.4, 0.5) is 0 Å². The second kappa shape index (κ2) is 10.6. The summed E-state index contributed by atoms with van der Waals surface area (Å²) in [7, 11) is 0. The van der Waals surface area contributed by atoms with Crippen molar-refractivity contribution in [1.29, 1.82) is 0 Å². The Balaban J connectivity index is 0.00000165. The molecule has 4 aromatic carbocycles. The van der Waals surface area contributed by atoms with Crippen molar-refractivity contribution in [2.24, 2.45) is 10.8 Å². The molecule has 8 rings (SSSR count). The zero-order chi connectivity index (χ0) is 28.3. The number of fused-ring (bicyclic) bond motifs is 7. The molecule has 0 aromatic heterocycles. The first kappa shape index (κ1) is 31.2. The van der Waals surface area contributed by atoms with Crippen molar-refractivity contribution in [3.05, 3.63) is 106 Å². The van der Waals surface area contributed by atoms with Crippen LogP contribution in [0.2, 0.25) is 8.45 Å². The fraction of sp³-hybridized carbons (Fsp3) is 0.400. The molecule has 1 aliphatic heterocycles. The number of allylic oxidation sites excluding steroid dienone is 2. The molecule has 0 N–H and O–H groups in total.